The number of hydrogen-bond donors (Lipinski definition) is 2. The van der Waals surface area contributed by atoms with Gasteiger partial charge in [0.1, 0.15) is 11.4 Å². The zero-order valence-electron chi connectivity index (χ0n) is 7.56. The van der Waals surface area contributed by atoms with Crippen LogP contribution >= 0.6 is 11.6 Å². The summed E-state index contributed by atoms with van der Waals surface area (Å²) in [7, 11) is 0. The first-order chi connectivity index (χ1) is 6.62. The molecule has 1 aromatic rings. The second kappa shape index (κ2) is 3.50. The highest BCUT2D eigenvalue weighted by Crippen LogP contribution is 2.31. The quantitative estimate of drug-likeness (QED) is 0.747. The molecule has 14 heavy (non-hydrogen) atoms. The maximum absolute atomic E-state index is 13.4. The molecule has 0 aromatic heterocycles. The molecular formula is C10H11ClFNO. The normalized spacial score (nSPS) is 26.8. The smallest absolute Gasteiger partial charge is 0.129 e. The highest BCUT2D eigenvalue weighted by atomic mass is 35.5. The predicted octanol–water partition coefficient (Wildman–Crippen LogP) is 1.66. The molecule has 0 saturated carbocycles. The van der Waals surface area contributed by atoms with Crippen LogP contribution in [0.15, 0.2) is 18.2 Å². The molecule has 0 aliphatic carbocycles. The predicted molar refractivity (Wildman–Crippen MR) is 52.8 cm³/mol. The zero-order chi connectivity index (χ0) is 10.2. The van der Waals surface area contributed by atoms with E-state index in [9.17, 15) is 9.50 Å². The van der Waals surface area contributed by atoms with Gasteiger partial charge in [-0.05, 0) is 31.2 Å². The van der Waals surface area contributed by atoms with E-state index in [1.807, 2.05) is 0 Å². The van der Waals surface area contributed by atoms with Gasteiger partial charge in [0.25, 0.3) is 0 Å². The van der Waals surface area contributed by atoms with E-state index in [0.717, 1.165) is 0 Å². The summed E-state index contributed by atoms with van der Waals surface area (Å²) in [5, 5.41) is 13.6. The Morgan fingerprint density at radius 2 is 2.29 bits per heavy atom. The highest BCUT2D eigenvalue weighted by molar-refractivity contribution is 6.30. The van der Waals surface area contributed by atoms with Gasteiger partial charge in [-0.15, -0.1) is 0 Å². The molecule has 1 saturated heterocycles. The summed E-state index contributed by atoms with van der Waals surface area (Å²) < 4.78 is 13.4. The zero-order valence-corrected chi connectivity index (χ0v) is 8.31. The second-order valence-electron chi connectivity index (χ2n) is 3.58. The number of aliphatic hydroxyl groups is 1. The minimum Gasteiger partial charge on any atom is -0.384 e. The Morgan fingerprint density at radius 1 is 1.50 bits per heavy atom. The molecule has 4 heteroatoms. The van der Waals surface area contributed by atoms with Gasteiger partial charge in [0.15, 0.2) is 0 Å². The van der Waals surface area contributed by atoms with E-state index in [0.29, 0.717) is 24.5 Å². The van der Waals surface area contributed by atoms with Crippen LogP contribution in [0.25, 0.3) is 0 Å². The summed E-state index contributed by atoms with van der Waals surface area (Å²) in [5.74, 6) is -0.402. The van der Waals surface area contributed by atoms with E-state index in [-0.39, 0.29) is 5.56 Å². The molecule has 1 heterocycles. The largest absolute Gasteiger partial charge is 0.384 e. The van der Waals surface area contributed by atoms with Crippen molar-refractivity contribution in [2.24, 2.45) is 0 Å². The standard InChI is InChI=1S/C10H11ClFNO/c11-7-1-2-9(12)8(5-7)10(14)3-4-13-6-10/h1-2,5,13-14H,3-4,6H2. The minimum absolute atomic E-state index is 0.287. The van der Waals surface area contributed by atoms with E-state index in [1.165, 1.54) is 18.2 Å². The van der Waals surface area contributed by atoms with Gasteiger partial charge in [-0.1, -0.05) is 11.6 Å². The van der Waals surface area contributed by atoms with Crippen LogP contribution < -0.4 is 5.32 Å². The molecule has 2 N–H and O–H groups in total. The van der Waals surface area contributed by atoms with Crippen LogP contribution in [0, 0.1) is 5.82 Å². The van der Waals surface area contributed by atoms with E-state index in [1.54, 1.807) is 0 Å². The summed E-state index contributed by atoms with van der Waals surface area (Å²) in [4.78, 5) is 0. The van der Waals surface area contributed by atoms with Crippen molar-refractivity contribution in [1.82, 2.24) is 5.32 Å². The van der Waals surface area contributed by atoms with Crippen LogP contribution in [-0.2, 0) is 5.60 Å². The van der Waals surface area contributed by atoms with Crippen LogP contribution in [0.1, 0.15) is 12.0 Å². The molecule has 0 radical (unpaired) electrons. The lowest BCUT2D eigenvalue weighted by molar-refractivity contribution is 0.0549. The number of benzene rings is 1. The van der Waals surface area contributed by atoms with E-state index in [2.05, 4.69) is 5.32 Å². The summed E-state index contributed by atoms with van der Waals surface area (Å²) in [6.45, 7) is 1.08. The number of hydrogen-bond acceptors (Lipinski definition) is 2. The first-order valence-corrected chi connectivity index (χ1v) is 4.88. The molecule has 1 unspecified atom stereocenters. The Bertz CT molecular complexity index is 350. The maximum Gasteiger partial charge on any atom is 0.129 e. The van der Waals surface area contributed by atoms with Crippen molar-refractivity contribution in [3.63, 3.8) is 0 Å². The van der Waals surface area contributed by atoms with Gasteiger partial charge >= 0.3 is 0 Å². The van der Waals surface area contributed by atoms with Crippen molar-refractivity contribution < 1.29 is 9.50 Å². The van der Waals surface area contributed by atoms with Crippen LogP contribution in [0.4, 0.5) is 4.39 Å². The fourth-order valence-electron chi connectivity index (χ4n) is 1.76. The average molecular weight is 216 g/mol. The fourth-order valence-corrected chi connectivity index (χ4v) is 1.93. The SMILES string of the molecule is OC1(c2cc(Cl)ccc2F)CCNC1. The molecule has 0 bridgehead atoms. The number of nitrogens with one attached hydrogen (secondary N) is 1. The maximum atomic E-state index is 13.4. The molecule has 1 aromatic carbocycles. The first kappa shape index (κ1) is 9.90. The molecule has 76 valence electrons. The van der Waals surface area contributed by atoms with Gasteiger partial charge in [-0.3, -0.25) is 0 Å². The first-order valence-electron chi connectivity index (χ1n) is 4.50. The summed E-state index contributed by atoms with van der Waals surface area (Å²) in [5.41, 5.74) is -0.815. The molecule has 1 aliphatic heterocycles. The average Bonchev–Trinajstić information content (AvgIpc) is 2.58. The van der Waals surface area contributed by atoms with E-state index >= 15 is 0 Å². The van der Waals surface area contributed by atoms with Crippen molar-refractivity contribution in [2.45, 2.75) is 12.0 Å². The van der Waals surface area contributed by atoms with Gasteiger partial charge in [0.2, 0.25) is 0 Å². The molecule has 0 amide bonds. The number of halogens is 2. The lowest BCUT2D eigenvalue weighted by Gasteiger charge is -2.22. The third-order valence-electron chi connectivity index (χ3n) is 2.56. The second-order valence-corrected chi connectivity index (χ2v) is 4.02. The molecule has 2 nitrogen and oxygen atoms in total. The van der Waals surface area contributed by atoms with Crippen LogP contribution in [0.5, 0.6) is 0 Å². The van der Waals surface area contributed by atoms with E-state index in [4.69, 9.17) is 11.6 Å². The van der Waals surface area contributed by atoms with Crippen LogP contribution in [-0.4, -0.2) is 18.2 Å². The summed E-state index contributed by atoms with van der Waals surface area (Å²) in [6, 6.07) is 4.25. The molecule has 2 rings (SSSR count). The molecular weight excluding hydrogens is 205 g/mol. The Morgan fingerprint density at radius 3 is 2.93 bits per heavy atom. The Labute approximate surface area is 86.7 Å². The third kappa shape index (κ3) is 1.63. The molecule has 1 atom stereocenters. The number of rotatable bonds is 1. The van der Waals surface area contributed by atoms with Gasteiger partial charge in [-0.25, -0.2) is 4.39 Å². The fraction of sp³-hybridized carbons (Fsp3) is 0.400. The summed E-state index contributed by atoms with van der Waals surface area (Å²) >= 11 is 5.76. The highest BCUT2D eigenvalue weighted by Gasteiger charge is 2.35. The van der Waals surface area contributed by atoms with Gasteiger partial charge in [0.05, 0.1) is 0 Å². The minimum atomic E-state index is -1.10. The Kier molecular flexibility index (Phi) is 2.47. The van der Waals surface area contributed by atoms with Crippen molar-refractivity contribution in [3.8, 4) is 0 Å². The van der Waals surface area contributed by atoms with Crippen molar-refractivity contribution in [3.05, 3.63) is 34.6 Å². The summed E-state index contributed by atoms with van der Waals surface area (Å²) in [6.07, 6.45) is 0.518. The third-order valence-corrected chi connectivity index (χ3v) is 2.80. The molecule has 1 fully saturated rings. The topological polar surface area (TPSA) is 32.3 Å². The molecule has 1 aliphatic rings. The number of β-amino-alcohol motifs (C(OH)–C–C–N with tert-alkyl or cyclic N) is 1. The van der Waals surface area contributed by atoms with Crippen molar-refractivity contribution in [1.29, 1.82) is 0 Å². The Hall–Kier alpha value is -0.640. The Balaban J connectivity index is 2.44. The van der Waals surface area contributed by atoms with Gasteiger partial charge in [-0.2, -0.15) is 0 Å². The van der Waals surface area contributed by atoms with E-state index < -0.39 is 11.4 Å². The van der Waals surface area contributed by atoms with Crippen LogP contribution in [0.3, 0.4) is 0 Å². The monoisotopic (exact) mass is 215 g/mol. The molecule has 0 spiro atoms. The lowest BCUT2D eigenvalue weighted by atomic mass is 9.93. The van der Waals surface area contributed by atoms with Crippen molar-refractivity contribution >= 4 is 11.6 Å². The van der Waals surface area contributed by atoms with Crippen molar-refractivity contribution in [2.75, 3.05) is 13.1 Å². The van der Waals surface area contributed by atoms with Crippen LogP contribution in [0.2, 0.25) is 5.02 Å². The lowest BCUT2D eigenvalue weighted by Crippen LogP contribution is -2.29. The van der Waals surface area contributed by atoms with Gasteiger partial charge < -0.3 is 10.4 Å². The van der Waals surface area contributed by atoms with Gasteiger partial charge in [0, 0.05) is 17.1 Å².